The van der Waals surface area contributed by atoms with E-state index in [-0.39, 0.29) is 17.5 Å². The molecule has 2 rings (SSSR count). The van der Waals surface area contributed by atoms with E-state index in [0.29, 0.717) is 5.69 Å². The van der Waals surface area contributed by atoms with E-state index in [2.05, 4.69) is 20.5 Å². The second-order valence-corrected chi connectivity index (χ2v) is 3.34. The van der Waals surface area contributed by atoms with E-state index in [1.807, 2.05) is 0 Å². The van der Waals surface area contributed by atoms with Gasteiger partial charge in [0.2, 0.25) is 11.8 Å². The second-order valence-electron chi connectivity index (χ2n) is 3.34. The van der Waals surface area contributed by atoms with Crippen molar-refractivity contribution >= 4 is 17.5 Å². The average molecular weight is 251 g/mol. The molecule has 0 aliphatic heterocycles. The lowest BCUT2D eigenvalue weighted by molar-refractivity contribution is 0.101. The molecule has 0 fully saturated rings. The van der Waals surface area contributed by atoms with Crippen LogP contribution in [0.5, 0.6) is 5.75 Å². The van der Waals surface area contributed by atoms with Gasteiger partial charge in [-0.3, -0.25) is 9.89 Å². The van der Waals surface area contributed by atoms with Gasteiger partial charge in [0.05, 0.1) is 12.8 Å². The van der Waals surface area contributed by atoms with E-state index >= 15 is 0 Å². The maximum atomic E-state index is 13.0. The molecule has 0 saturated heterocycles. The molecule has 2 aromatic rings. The number of nitrogens with zero attached hydrogens (tertiary/aromatic N) is 2. The first-order chi connectivity index (χ1) is 8.60. The van der Waals surface area contributed by atoms with Gasteiger partial charge in [0, 0.05) is 6.07 Å². The summed E-state index contributed by atoms with van der Waals surface area (Å²) in [6.45, 7) is 0. The summed E-state index contributed by atoms with van der Waals surface area (Å²) in [6.07, 6.45) is 0. The summed E-state index contributed by atoms with van der Waals surface area (Å²) in [5.41, 5.74) is 5.60. The molecule has 0 radical (unpaired) electrons. The highest BCUT2D eigenvalue weighted by atomic mass is 19.1. The first kappa shape index (κ1) is 11.8. The number of anilines is 2. The maximum absolute atomic E-state index is 13.0. The van der Waals surface area contributed by atoms with Crippen molar-refractivity contribution in [2.45, 2.75) is 0 Å². The number of nitrogens with one attached hydrogen (secondary N) is 2. The summed E-state index contributed by atoms with van der Waals surface area (Å²) < 4.78 is 17.9. The van der Waals surface area contributed by atoms with Gasteiger partial charge in [-0.1, -0.05) is 0 Å². The van der Waals surface area contributed by atoms with Crippen molar-refractivity contribution in [1.29, 1.82) is 0 Å². The molecule has 1 heterocycles. The lowest BCUT2D eigenvalue weighted by Gasteiger charge is -2.08. The number of nitrogens with two attached hydrogens (primary N) is 1. The van der Waals surface area contributed by atoms with Gasteiger partial charge in [0.1, 0.15) is 11.6 Å². The monoisotopic (exact) mass is 251 g/mol. The molecule has 0 saturated carbocycles. The van der Waals surface area contributed by atoms with E-state index in [4.69, 9.17) is 10.5 Å². The number of ether oxygens (including phenoxy) is 1. The lowest BCUT2D eigenvalue weighted by Crippen LogP contribution is -2.14. The highest BCUT2D eigenvalue weighted by molar-refractivity contribution is 6.02. The average Bonchev–Trinajstić information content (AvgIpc) is 2.78. The zero-order valence-electron chi connectivity index (χ0n) is 9.40. The Bertz CT molecular complexity index is 583. The Hall–Kier alpha value is -2.64. The third kappa shape index (κ3) is 2.37. The fraction of sp³-hybridized carbons (Fsp3) is 0.100. The molecular formula is C10H10FN5O2. The summed E-state index contributed by atoms with van der Waals surface area (Å²) >= 11 is 0. The van der Waals surface area contributed by atoms with E-state index in [1.54, 1.807) is 0 Å². The predicted octanol–water partition coefficient (Wildman–Crippen LogP) is 0.787. The Kier molecular flexibility index (Phi) is 3.09. The van der Waals surface area contributed by atoms with Crippen molar-refractivity contribution in [2.24, 2.45) is 0 Å². The Labute approximate surface area is 101 Å². The van der Waals surface area contributed by atoms with Crippen LogP contribution in [0.25, 0.3) is 0 Å². The number of H-pyrrole nitrogens is 1. The van der Waals surface area contributed by atoms with Crippen LogP contribution in [0.4, 0.5) is 16.0 Å². The molecule has 0 unspecified atom stereocenters. The van der Waals surface area contributed by atoms with Gasteiger partial charge in [-0.2, -0.15) is 4.98 Å². The smallest absolute Gasteiger partial charge is 0.293 e. The van der Waals surface area contributed by atoms with Crippen LogP contribution in [-0.2, 0) is 0 Å². The Balaban J connectivity index is 2.21. The molecule has 7 nitrogen and oxygen atoms in total. The number of aromatic nitrogens is 3. The summed E-state index contributed by atoms with van der Waals surface area (Å²) in [5, 5.41) is 8.39. The number of halogens is 1. The zero-order chi connectivity index (χ0) is 13.1. The quantitative estimate of drug-likeness (QED) is 0.747. The molecule has 4 N–H and O–H groups in total. The molecule has 94 valence electrons. The molecular weight excluding hydrogens is 241 g/mol. The summed E-state index contributed by atoms with van der Waals surface area (Å²) in [4.78, 5) is 15.4. The van der Waals surface area contributed by atoms with Crippen LogP contribution in [0.2, 0.25) is 0 Å². The van der Waals surface area contributed by atoms with Gasteiger partial charge in [-0.05, 0) is 12.1 Å². The molecule has 0 aliphatic rings. The predicted molar refractivity (Wildman–Crippen MR) is 61.7 cm³/mol. The normalized spacial score (nSPS) is 10.1. The van der Waals surface area contributed by atoms with Crippen LogP contribution in [-0.4, -0.2) is 28.2 Å². The molecule has 0 spiro atoms. The third-order valence-electron chi connectivity index (χ3n) is 2.13. The highest BCUT2D eigenvalue weighted by Crippen LogP contribution is 2.25. The van der Waals surface area contributed by atoms with E-state index in [9.17, 15) is 9.18 Å². The van der Waals surface area contributed by atoms with Crippen LogP contribution in [0.3, 0.4) is 0 Å². The first-order valence-corrected chi connectivity index (χ1v) is 4.93. The summed E-state index contributed by atoms with van der Waals surface area (Å²) in [7, 11) is 1.37. The van der Waals surface area contributed by atoms with Gasteiger partial charge in [-0.15, -0.1) is 5.10 Å². The van der Waals surface area contributed by atoms with Crippen LogP contribution in [0, 0.1) is 5.82 Å². The van der Waals surface area contributed by atoms with Gasteiger partial charge in [0.15, 0.2) is 0 Å². The SMILES string of the molecule is COc1cc(F)ccc1NC(=O)c1nc(N)n[nH]1. The fourth-order valence-electron chi connectivity index (χ4n) is 1.33. The Morgan fingerprint density at radius 1 is 1.56 bits per heavy atom. The molecule has 1 aromatic heterocycles. The topological polar surface area (TPSA) is 106 Å². The number of methoxy groups -OCH3 is 1. The molecule has 0 atom stereocenters. The Morgan fingerprint density at radius 2 is 2.33 bits per heavy atom. The number of aromatic amines is 1. The highest BCUT2D eigenvalue weighted by Gasteiger charge is 2.13. The fourth-order valence-corrected chi connectivity index (χ4v) is 1.33. The third-order valence-corrected chi connectivity index (χ3v) is 2.13. The number of rotatable bonds is 3. The largest absolute Gasteiger partial charge is 0.494 e. The molecule has 0 aliphatic carbocycles. The number of amides is 1. The second kappa shape index (κ2) is 4.70. The molecule has 0 bridgehead atoms. The number of carbonyl (C=O) groups is 1. The van der Waals surface area contributed by atoms with Crippen molar-refractivity contribution in [3.63, 3.8) is 0 Å². The minimum atomic E-state index is -0.552. The summed E-state index contributed by atoms with van der Waals surface area (Å²) in [5.74, 6) is -0.890. The van der Waals surface area contributed by atoms with Crippen LogP contribution in [0.15, 0.2) is 18.2 Å². The molecule has 1 aromatic carbocycles. The van der Waals surface area contributed by atoms with E-state index in [1.165, 1.54) is 19.2 Å². The van der Waals surface area contributed by atoms with Crippen molar-refractivity contribution in [3.05, 3.63) is 29.8 Å². The number of hydrogen-bond acceptors (Lipinski definition) is 5. The number of hydrogen-bond donors (Lipinski definition) is 3. The first-order valence-electron chi connectivity index (χ1n) is 4.93. The van der Waals surface area contributed by atoms with Crippen molar-refractivity contribution in [3.8, 4) is 5.75 Å². The molecule has 8 heteroatoms. The zero-order valence-corrected chi connectivity index (χ0v) is 9.40. The van der Waals surface area contributed by atoms with E-state index < -0.39 is 11.7 Å². The van der Waals surface area contributed by atoms with Crippen molar-refractivity contribution in [1.82, 2.24) is 15.2 Å². The van der Waals surface area contributed by atoms with Gasteiger partial charge < -0.3 is 15.8 Å². The summed E-state index contributed by atoms with van der Waals surface area (Å²) in [6, 6.07) is 3.74. The minimum absolute atomic E-state index is 0.0359. The van der Waals surface area contributed by atoms with Gasteiger partial charge in [0.25, 0.3) is 5.91 Å². The van der Waals surface area contributed by atoms with Crippen molar-refractivity contribution in [2.75, 3.05) is 18.2 Å². The number of benzene rings is 1. The number of carbonyl (C=O) groups excluding carboxylic acids is 1. The van der Waals surface area contributed by atoms with Crippen LogP contribution in [0.1, 0.15) is 10.6 Å². The van der Waals surface area contributed by atoms with Gasteiger partial charge in [-0.25, -0.2) is 4.39 Å². The Morgan fingerprint density at radius 3 is 2.94 bits per heavy atom. The maximum Gasteiger partial charge on any atom is 0.293 e. The molecule has 18 heavy (non-hydrogen) atoms. The minimum Gasteiger partial charge on any atom is -0.494 e. The van der Waals surface area contributed by atoms with Crippen LogP contribution < -0.4 is 15.8 Å². The standard InChI is InChI=1S/C10H10FN5O2/c1-18-7-4-5(11)2-3-6(7)13-9(17)8-14-10(12)16-15-8/h2-4H,1H3,(H,13,17)(H3,12,14,15,16). The molecule has 1 amide bonds. The van der Waals surface area contributed by atoms with E-state index in [0.717, 1.165) is 6.07 Å². The number of nitrogen functional groups attached to an aromatic ring is 1. The van der Waals surface area contributed by atoms with Crippen molar-refractivity contribution < 1.29 is 13.9 Å². The lowest BCUT2D eigenvalue weighted by atomic mass is 10.3. The van der Waals surface area contributed by atoms with Gasteiger partial charge >= 0.3 is 0 Å². The van der Waals surface area contributed by atoms with Crippen LogP contribution >= 0.6 is 0 Å².